The van der Waals surface area contributed by atoms with Crippen molar-refractivity contribution >= 4 is 0 Å². The van der Waals surface area contributed by atoms with Gasteiger partial charge in [-0.2, -0.15) is 0 Å². The average molecular weight is 209 g/mol. The highest BCUT2D eigenvalue weighted by Crippen LogP contribution is 2.31. The molecule has 2 atom stereocenters. The van der Waals surface area contributed by atoms with Crippen molar-refractivity contribution in [3.63, 3.8) is 0 Å². The molecule has 0 aromatic heterocycles. The third-order valence-corrected chi connectivity index (χ3v) is 2.84. The molecule has 0 fully saturated rings. The van der Waals surface area contributed by atoms with Gasteiger partial charge in [0, 0.05) is 12.6 Å². The predicted octanol–water partition coefficient (Wildman–Crippen LogP) is 1.78. The third kappa shape index (κ3) is 2.36. The first-order valence-electron chi connectivity index (χ1n) is 5.36. The molecular formula is C12H16FNO. The van der Waals surface area contributed by atoms with Crippen LogP contribution < -0.4 is 5.32 Å². The van der Waals surface area contributed by atoms with Gasteiger partial charge in [-0.1, -0.05) is 6.07 Å². The molecule has 0 spiro atoms. The molecule has 1 aliphatic rings. The maximum absolute atomic E-state index is 12.9. The van der Waals surface area contributed by atoms with E-state index in [1.165, 1.54) is 11.6 Å². The van der Waals surface area contributed by atoms with Crippen molar-refractivity contribution in [1.29, 1.82) is 0 Å². The van der Waals surface area contributed by atoms with Gasteiger partial charge in [-0.05, 0) is 43.0 Å². The summed E-state index contributed by atoms with van der Waals surface area (Å²) in [6, 6.07) is 5.23. The molecule has 15 heavy (non-hydrogen) atoms. The molecule has 2 N–H and O–H groups in total. The normalized spacial score (nSPS) is 21.4. The second-order valence-electron chi connectivity index (χ2n) is 4.19. The Labute approximate surface area is 89.1 Å². The lowest BCUT2D eigenvalue weighted by Gasteiger charge is -2.15. The summed E-state index contributed by atoms with van der Waals surface area (Å²) in [6.45, 7) is 2.34. The Morgan fingerprint density at radius 3 is 3.13 bits per heavy atom. The van der Waals surface area contributed by atoms with E-state index >= 15 is 0 Å². The maximum Gasteiger partial charge on any atom is 0.123 e. The first-order chi connectivity index (χ1) is 7.16. The zero-order chi connectivity index (χ0) is 10.8. The van der Waals surface area contributed by atoms with E-state index < -0.39 is 0 Å². The van der Waals surface area contributed by atoms with Crippen LogP contribution in [0.25, 0.3) is 0 Å². The number of aliphatic hydroxyl groups is 1. The Morgan fingerprint density at radius 2 is 2.40 bits per heavy atom. The Balaban J connectivity index is 2.08. The number of halogens is 1. The minimum Gasteiger partial charge on any atom is -0.392 e. The number of rotatable bonds is 3. The lowest BCUT2D eigenvalue weighted by molar-refractivity contribution is 0.186. The van der Waals surface area contributed by atoms with Crippen LogP contribution in [0.3, 0.4) is 0 Å². The molecule has 82 valence electrons. The second kappa shape index (κ2) is 4.29. The average Bonchev–Trinajstić information content (AvgIpc) is 2.57. The van der Waals surface area contributed by atoms with E-state index in [-0.39, 0.29) is 18.0 Å². The fourth-order valence-corrected chi connectivity index (χ4v) is 2.11. The van der Waals surface area contributed by atoms with Crippen molar-refractivity contribution in [1.82, 2.24) is 5.32 Å². The molecule has 2 rings (SSSR count). The minimum absolute atomic E-state index is 0.162. The van der Waals surface area contributed by atoms with Gasteiger partial charge >= 0.3 is 0 Å². The van der Waals surface area contributed by atoms with Crippen molar-refractivity contribution in [3.8, 4) is 0 Å². The second-order valence-corrected chi connectivity index (χ2v) is 4.19. The topological polar surface area (TPSA) is 32.3 Å². The van der Waals surface area contributed by atoms with E-state index in [1.807, 2.05) is 6.07 Å². The van der Waals surface area contributed by atoms with Crippen LogP contribution in [-0.4, -0.2) is 17.8 Å². The van der Waals surface area contributed by atoms with Crippen molar-refractivity contribution in [3.05, 3.63) is 35.1 Å². The van der Waals surface area contributed by atoms with Gasteiger partial charge in [0.1, 0.15) is 5.82 Å². The number of aliphatic hydroxyl groups excluding tert-OH is 1. The van der Waals surface area contributed by atoms with E-state index in [2.05, 4.69) is 5.32 Å². The molecule has 0 saturated carbocycles. The lowest BCUT2D eigenvalue weighted by atomic mass is 10.1. The summed E-state index contributed by atoms with van der Waals surface area (Å²) in [6.07, 6.45) is 1.57. The van der Waals surface area contributed by atoms with E-state index in [9.17, 15) is 9.50 Å². The van der Waals surface area contributed by atoms with Crippen LogP contribution in [0.1, 0.15) is 30.5 Å². The molecule has 0 heterocycles. The standard InChI is InChI=1S/C12H16FNO/c1-8(15)7-14-12-5-2-9-6-10(13)3-4-11(9)12/h3-4,6,8,12,14-15H,2,5,7H2,1H3. The summed E-state index contributed by atoms with van der Waals surface area (Å²) in [5, 5.41) is 12.5. The first-order valence-corrected chi connectivity index (χ1v) is 5.36. The van der Waals surface area contributed by atoms with Crippen molar-refractivity contribution in [2.75, 3.05) is 6.54 Å². The Bertz CT molecular complexity index is 351. The molecule has 2 unspecified atom stereocenters. The van der Waals surface area contributed by atoms with E-state index in [0.29, 0.717) is 6.54 Å². The van der Waals surface area contributed by atoms with Crippen LogP contribution in [-0.2, 0) is 6.42 Å². The molecule has 0 radical (unpaired) electrons. The van der Waals surface area contributed by atoms with Gasteiger partial charge in [0.05, 0.1) is 6.10 Å². The number of benzene rings is 1. The van der Waals surface area contributed by atoms with E-state index in [1.54, 1.807) is 13.0 Å². The zero-order valence-corrected chi connectivity index (χ0v) is 8.83. The first kappa shape index (κ1) is 10.6. The van der Waals surface area contributed by atoms with Gasteiger partial charge in [0.25, 0.3) is 0 Å². The van der Waals surface area contributed by atoms with Crippen LogP contribution in [0.5, 0.6) is 0 Å². The molecule has 0 amide bonds. The molecular weight excluding hydrogens is 193 g/mol. The molecule has 0 aliphatic heterocycles. The molecule has 1 aromatic rings. The third-order valence-electron chi connectivity index (χ3n) is 2.84. The zero-order valence-electron chi connectivity index (χ0n) is 8.83. The SMILES string of the molecule is CC(O)CNC1CCc2cc(F)ccc21. The Morgan fingerprint density at radius 1 is 1.60 bits per heavy atom. The van der Waals surface area contributed by atoms with Crippen LogP contribution >= 0.6 is 0 Å². The predicted molar refractivity (Wildman–Crippen MR) is 57.1 cm³/mol. The quantitative estimate of drug-likeness (QED) is 0.795. The van der Waals surface area contributed by atoms with Gasteiger partial charge in [-0.3, -0.25) is 0 Å². The monoisotopic (exact) mass is 209 g/mol. The van der Waals surface area contributed by atoms with Crippen LogP contribution in [0.15, 0.2) is 18.2 Å². The van der Waals surface area contributed by atoms with Crippen molar-refractivity contribution in [2.45, 2.75) is 31.9 Å². The molecule has 0 bridgehead atoms. The summed E-state index contributed by atoms with van der Waals surface area (Å²) >= 11 is 0. The Kier molecular flexibility index (Phi) is 3.03. The van der Waals surface area contributed by atoms with Crippen molar-refractivity contribution < 1.29 is 9.50 Å². The number of nitrogens with one attached hydrogen (secondary N) is 1. The van der Waals surface area contributed by atoms with E-state index in [0.717, 1.165) is 18.4 Å². The van der Waals surface area contributed by atoms with Crippen molar-refractivity contribution in [2.24, 2.45) is 0 Å². The summed E-state index contributed by atoms with van der Waals surface area (Å²) in [7, 11) is 0. The van der Waals surface area contributed by atoms with Gasteiger partial charge in [-0.15, -0.1) is 0 Å². The van der Waals surface area contributed by atoms with Crippen LogP contribution in [0.4, 0.5) is 4.39 Å². The Hall–Kier alpha value is -0.930. The highest BCUT2D eigenvalue weighted by atomic mass is 19.1. The van der Waals surface area contributed by atoms with Gasteiger partial charge < -0.3 is 10.4 Å². The largest absolute Gasteiger partial charge is 0.392 e. The maximum atomic E-state index is 12.9. The summed E-state index contributed by atoms with van der Waals surface area (Å²) < 4.78 is 12.9. The molecule has 3 heteroatoms. The fourth-order valence-electron chi connectivity index (χ4n) is 2.11. The summed E-state index contributed by atoms with van der Waals surface area (Å²) in [5.74, 6) is -0.162. The summed E-state index contributed by atoms with van der Waals surface area (Å²) in [5.41, 5.74) is 2.27. The number of aryl methyl sites for hydroxylation is 1. The van der Waals surface area contributed by atoms with Gasteiger partial charge in [-0.25, -0.2) is 4.39 Å². The van der Waals surface area contributed by atoms with E-state index in [4.69, 9.17) is 0 Å². The fraction of sp³-hybridized carbons (Fsp3) is 0.500. The van der Waals surface area contributed by atoms with Gasteiger partial charge in [0.15, 0.2) is 0 Å². The molecule has 1 aromatic carbocycles. The molecule has 0 saturated heterocycles. The van der Waals surface area contributed by atoms with Crippen LogP contribution in [0.2, 0.25) is 0 Å². The van der Waals surface area contributed by atoms with Gasteiger partial charge in [0.2, 0.25) is 0 Å². The highest BCUT2D eigenvalue weighted by Gasteiger charge is 2.22. The molecule has 1 aliphatic carbocycles. The summed E-state index contributed by atoms with van der Waals surface area (Å²) in [4.78, 5) is 0. The minimum atomic E-state index is -0.338. The smallest absolute Gasteiger partial charge is 0.123 e. The highest BCUT2D eigenvalue weighted by molar-refractivity contribution is 5.34. The number of hydrogen-bond donors (Lipinski definition) is 2. The van der Waals surface area contributed by atoms with Crippen LogP contribution in [0, 0.1) is 5.82 Å². The number of fused-ring (bicyclic) bond motifs is 1. The number of hydrogen-bond acceptors (Lipinski definition) is 2. The lowest BCUT2D eigenvalue weighted by Crippen LogP contribution is -2.27. The molecule has 2 nitrogen and oxygen atoms in total.